The molecule has 1 saturated carbocycles. The average molecular weight is 341 g/mol. The Kier molecular flexibility index (Phi) is 5.38. The minimum Gasteiger partial charge on any atom is -0.381 e. The highest BCUT2D eigenvalue weighted by atomic mass is 16.5. The van der Waals surface area contributed by atoms with Crippen molar-refractivity contribution >= 4 is 16.7 Å². The molecular weight excluding hydrogens is 314 g/mol. The van der Waals surface area contributed by atoms with Gasteiger partial charge in [-0.05, 0) is 67.7 Å². The number of aromatic nitrogens is 1. The van der Waals surface area contributed by atoms with Gasteiger partial charge in [-0.15, -0.1) is 0 Å². The molecule has 3 rings (SSSR count). The number of benzene rings is 1. The number of ether oxygens (including phenoxy) is 1. The van der Waals surface area contributed by atoms with E-state index in [4.69, 9.17) is 4.74 Å². The summed E-state index contributed by atoms with van der Waals surface area (Å²) in [6.07, 6.45) is 5.45. The third-order valence-corrected chi connectivity index (χ3v) is 5.55. The summed E-state index contributed by atoms with van der Waals surface area (Å²) in [5.41, 5.74) is 3.39. The standard InChI is InChI=1S/C21H27NO3/c1-4-13-12-19-16(10-14(5-2)21(24)22-19)11-18(13)20(23)15-6-8-17(25-3)9-7-15/h10-12,15,17H,4-9H2,1-3H3,(H,22,24). The van der Waals surface area contributed by atoms with Crippen LogP contribution < -0.4 is 5.56 Å². The quantitative estimate of drug-likeness (QED) is 0.835. The monoisotopic (exact) mass is 341 g/mol. The number of rotatable bonds is 5. The topological polar surface area (TPSA) is 59.2 Å². The predicted octanol–water partition coefficient (Wildman–Crippen LogP) is 4.04. The SMILES string of the molecule is CCc1cc2[nH]c(=O)c(CC)cc2cc1C(=O)C1CCC(OC)CC1. The molecule has 0 aliphatic heterocycles. The lowest BCUT2D eigenvalue weighted by Gasteiger charge is -2.27. The van der Waals surface area contributed by atoms with Crippen molar-refractivity contribution < 1.29 is 9.53 Å². The van der Waals surface area contributed by atoms with Gasteiger partial charge < -0.3 is 9.72 Å². The van der Waals surface area contributed by atoms with Crippen LogP contribution in [0.5, 0.6) is 0 Å². The first-order valence-corrected chi connectivity index (χ1v) is 9.33. The molecule has 4 heteroatoms. The van der Waals surface area contributed by atoms with Gasteiger partial charge in [-0.25, -0.2) is 0 Å². The third-order valence-electron chi connectivity index (χ3n) is 5.55. The van der Waals surface area contributed by atoms with E-state index in [2.05, 4.69) is 11.9 Å². The molecule has 25 heavy (non-hydrogen) atoms. The molecule has 1 fully saturated rings. The van der Waals surface area contributed by atoms with Crippen LogP contribution in [0.2, 0.25) is 0 Å². The first-order valence-electron chi connectivity index (χ1n) is 9.33. The zero-order valence-electron chi connectivity index (χ0n) is 15.4. The molecule has 1 N–H and O–H groups in total. The second kappa shape index (κ2) is 7.52. The second-order valence-electron chi connectivity index (χ2n) is 7.00. The number of aromatic amines is 1. The van der Waals surface area contributed by atoms with Crippen molar-refractivity contribution in [2.75, 3.05) is 7.11 Å². The molecule has 134 valence electrons. The number of fused-ring (bicyclic) bond motifs is 1. The Morgan fingerprint density at radius 1 is 1.08 bits per heavy atom. The molecule has 4 nitrogen and oxygen atoms in total. The second-order valence-corrected chi connectivity index (χ2v) is 7.00. The van der Waals surface area contributed by atoms with E-state index in [0.717, 1.165) is 59.7 Å². The molecule has 1 aromatic carbocycles. The van der Waals surface area contributed by atoms with Crippen LogP contribution in [0.4, 0.5) is 0 Å². The molecule has 0 atom stereocenters. The fourth-order valence-corrected chi connectivity index (χ4v) is 3.91. The van der Waals surface area contributed by atoms with Crippen LogP contribution in [0.15, 0.2) is 23.0 Å². The molecule has 1 aliphatic rings. The van der Waals surface area contributed by atoms with Crippen LogP contribution in [0.25, 0.3) is 10.9 Å². The van der Waals surface area contributed by atoms with Gasteiger partial charge in [0.2, 0.25) is 0 Å². The molecule has 0 saturated heterocycles. The molecule has 1 aromatic heterocycles. The van der Waals surface area contributed by atoms with Gasteiger partial charge in [0.1, 0.15) is 0 Å². The molecule has 1 heterocycles. The smallest absolute Gasteiger partial charge is 0.251 e. The highest BCUT2D eigenvalue weighted by molar-refractivity contribution is 6.02. The van der Waals surface area contributed by atoms with Crippen LogP contribution >= 0.6 is 0 Å². The molecule has 0 radical (unpaired) electrons. The number of ketones is 1. The van der Waals surface area contributed by atoms with Crippen molar-refractivity contribution in [3.05, 3.63) is 45.2 Å². The summed E-state index contributed by atoms with van der Waals surface area (Å²) in [6, 6.07) is 5.88. The lowest BCUT2D eigenvalue weighted by atomic mass is 9.81. The molecule has 2 aromatic rings. The Balaban J connectivity index is 1.98. The maximum atomic E-state index is 13.1. The Morgan fingerprint density at radius 2 is 1.76 bits per heavy atom. The van der Waals surface area contributed by atoms with Gasteiger partial charge in [0.15, 0.2) is 5.78 Å². The van der Waals surface area contributed by atoms with E-state index in [1.54, 1.807) is 7.11 Å². The summed E-state index contributed by atoms with van der Waals surface area (Å²) in [5, 5.41) is 0.947. The number of hydrogen-bond acceptors (Lipinski definition) is 3. The molecular formula is C21H27NO3. The predicted molar refractivity (Wildman–Crippen MR) is 100 cm³/mol. The minimum atomic E-state index is -0.0333. The fourth-order valence-electron chi connectivity index (χ4n) is 3.91. The number of carbonyl (C=O) groups is 1. The van der Waals surface area contributed by atoms with Crippen molar-refractivity contribution in [3.8, 4) is 0 Å². The van der Waals surface area contributed by atoms with E-state index in [0.29, 0.717) is 12.5 Å². The number of hydrogen-bond donors (Lipinski definition) is 1. The van der Waals surface area contributed by atoms with Gasteiger partial charge in [-0.3, -0.25) is 9.59 Å². The summed E-state index contributed by atoms with van der Waals surface area (Å²) < 4.78 is 5.42. The summed E-state index contributed by atoms with van der Waals surface area (Å²) in [4.78, 5) is 28.1. The average Bonchev–Trinajstić information content (AvgIpc) is 2.65. The van der Waals surface area contributed by atoms with Crippen molar-refractivity contribution in [1.82, 2.24) is 4.98 Å². The van der Waals surface area contributed by atoms with E-state index < -0.39 is 0 Å². The highest BCUT2D eigenvalue weighted by Crippen LogP contribution is 2.31. The van der Waals surface area contributed by atoms with Gasteiger partial charge in [-0.1, -0.05) is 13.8 Å². The summed E-state index contributed by atoms with van der Waals surface area (Å²) in [6.45, 7) is 4.02. The lowest BCUT2D eigenvalue weighted by Crippen LogP contribution is -2.26. The van der Waals surface area contributed by atoms with Gasteiger partial charge in [0.25, 0.3) is 5.56 Å². The Hall–Kier alpha value is -1.94. The Morgan fingerprint density at radius 3 is 2.36 bits per heavy atom. The van der Waals surface area contributed by atoms with Gasteiger partial charge >= 0.3 is 0 Å². The minimum absolute atomic E-state index is 0.0333. The normalized spacial score (nSPS) is 20.8. The number of aryl methyl sites for hydroxylation is 2. The summed E-state index contributed by atoms with van der Waals surface area (Å²) in [7, 11) is 1.75. The van der Waals surface area contributed by atoms with Crippen LogP contribution in [0, 0.1) is 5.92 Å². The Labute approximate surface area is 148 Å². The van der Waals surface area contributed by atoms with Crippen LogP contribution in [0.1, 0.15) is 61.0 Å². The van der Waals surface area contributed by atoms with E-state index in [1.165, 1.54) is 0 Å². The lowest BCUT2D eigenvalue weighted by molar-refractivity contribution is 0.0519. The maximum absolute atomic E-state index is 13.1. The zero-order chi connectivity index (χ0) is 18.0. The van der Waals surface area contributed by atoms with Gasteiger partial charge in [0.05, 0.1) is 6.10 Å². The van der Waals surface area contributed by atoms with Crippen LogP contribution in [-0.2, 0) is 17.6 Å². The van der Waals surface area contributed by atoms with Crippen molar-refractivity contribution in [2.24, 2.45) is 5.92 Å². The van der Waals surface area contributed by atoms with E-state index in [-0.39, 0.29) is 17.3 Å². The number of nitrogens with one attached hydrogen (secondary N) is 1. The number of Topliss-reactive ketones (excluding diaryl/α,β-unsaturated/α-hetero) is 1. The molecule has 0 unspecified atom stereocenters. The van der Waals surface area contributed by atoms with E-state index in [1.807, 2.05) is 25.1 Å². The number of pyridine rings is 1. The van der Waals surface area contributed by atoms with Crippen LogP contribution in [0.3, 0.4) is 0 Å². The number of carbonyl (C=O) groups excluding carboxylic acids is 1. The van der Waals surface area contributed by atoms with Crippen molar-refractivity contribution in [2.45, 2.75) is 58.5 Å². The highest BCUT2D eigenvalue weighted by Gasteiger charge is 2.28. The largest absolute Gasteiger partial charge is 0.381 e. The van der Waals surface area contributed by atoms with Crippen LogP contribution in [-0.4, -0.2) is 24.0 Å². The number of H-pyrrole nitrogens is 1. The van der Waals surface area contributed by atoms with Gasteiger partial charge in [0, 0.05) is 29.7 Å². The van der Waals surface area contributed by atoms with E-state index >= 15 is 0 Å². The molecule has 0 bridgehead atoms. The molecule has 0 amide bonds. The zero-order valence-corrected chi connectivity index (χ0v) is 15.4. The first kappa shape index (κ1) is 17.9. The first-order chi connectivity index (χ1) is 12.1. The molecule has 1 aliphatic carbocycles. The van der Waals surface area contributed by atoms with Crippen molar-refractivity contribution in [1.29, 1.82) is 0 Å². The maximum Gasteiger partial charge on any atom is 0.251 e. The molecule has 0 spiro atoms. The van der Waals surface area contributed by atoms with Crippen molar-refractivity contribution in [3.63, 3.8) is 0 Å². The summed E-state index contributed by atoms with van der Waals surface area (Å²) >= 11 is 0. The van der Waals surface area contributed by atoms with Gasteiger partial charge in [-0.2, -0.15) is 0 Å². The Bertz CT molecular complexity index is 829. The fraction of sp³-hybridized carbons (Fsp3) is 0.524. The van der Waals surface area contributed by atoms with E-state index in [9.17, 15) is 9.59 Å². The third kappa shape index (κ3) is 3.54. The number of methoxy groups -OCH3 is 1. The summed E-state index contributed by atoms with van der Waals surface area (Å²) in [5.74, 6) is 0.333.